The summed E-state index contributed by atoms with van der Waals surface area (Å²) in [6.07, 6.45) is 3.71. The summed E-state index contributed by atoms with van der Waals surface area (Å²) in [4.78, 5) is 22.8. The van der Waals surface area contributed by atoms with E-state index in [2.05, 4.69) is 35.7 Å². The van der Waals surface area contributed by atoms with Crippen LogP contribution in [0, 0.1) is 0 Å². The number of amides is 1. The molecule has 1 aliphatic carbocycles. The van der Waals surface area contributed by atoms with E-state index in [1.165, 1.54) is 4.68 Å². The fourth-order valence-corrected chi connectivity index (χ4v) is 3.42. The van der Waals surface area contributed by atoms with Crippen LogP contribution >= 0.6 is 0 Å². The number of hydrogen-bond donors (Lipinski definition) is 3. The molecule has 2 aliphatic rings. The summed E-state index contributed by atoms with van der Waals surface area (Å²) in [5.41, 5.74) is 6.53. The number of anilines is 2. The summed E-state index contributed by atoms with van der Waals surface area (Å²) < 4.78 is 1.26. The molecule has 0 radical (unpaired) electrons. The number of β-amino-alcohol motifs (C(OH)–C–C–N with tert-alkyl or cyclic N) is 1. The summed E-state index contributed by atoms with van der Waals surface area (Å²) >= 11 is 0. The summed E-state index contributed by atoms with van der Waals surface area (Å²) in [5.74, 6) is 1.11. The number of rotatable bonds is 5. The summed E-state index contributed by atoms with van der Waals surface area (Å²) in [5, 5.41) is 23.2. The fraction of sp³-hybridized carbons (Fsp3) is 0.600. The number of carbonyl (C=O) groups is 1. The first kappa shape index (κ1) is 16.6. The molecule has 26 heavy (non-hydrogen) atoms. The molecule has 2 aromatic heterocycles. The van der Waals surface area contributed by atoms with E-state index in [1.54, 1.807) is 6.33 Å². The first-order chi connectivity index (χ1) is 12.6. The third-order valence-corrected chi connectivity index (χ3v) is 4.94. The van der Waals surface area contributed by atoms with E-state index in [-0.39, 0.29) is 30.5 Å². The quantitative estimate of drug-likeness (QED) is 0.591. The zero-order chi connectivity index (χ0) is 18.1. The van der Waals surface area contributed by atoms with Crippen molar-refractivity contribution in [2.75, 3.05) is 23.7 Å². The molecule has 0 spiro atoms. The Labute approximate surface area is 149 Å². The Kier molecular flexibility index (Phi) is 4.37. The lowest BCUT2D eigenvalue weighted by atomic mass is 9.78. The Hall–Kier alpha value is -2.82. The highest BCUT2D eigenvalue weighted by molar-refractivity contribution is 5.76. The first-order valence-electron chi connectivity index (χ1n) is 8.64. The molecule has 11 heteroatoms. The molecule has 1 aliphatic heterocycles. The molecule has 2 aromatic rings. The number of nitrogen functional groups attached to an aromatic ring is 1. The Morgan fingerprint density at radius 3 is 2.92 bits per heavy atom. The highest BCUT2D eigenvalue weighted by atomic mass is 16.3. The van der Waals surface area contributed by atoms with Gasteiger partial charge in [-0.2, -0.15) is 0 Å². The van der Waals surface area contributed by atoms with E-state index in [0.29, 0.717) is 12.5 Å². The number of tetrazole rings is 1. The predicted octanol–water partition coefficient (Wildman–Crippen LogP) is -1.32. The second-order valence-electron chi connectivity index (χ2n) is 6.82. The van der Waals surface area contributed by atoms with E-state index in [9.17, 15) is 9.90 Å². The van der Waals surface area contributed by atoms with Crippen LogP contribution in [-0.4, -0.2) is 66.4 Å². The maximum absolute atomic E-state index is 12.0. The molecule has 138 valence electrons. The summed E-state index contributed by atoms with van der Waals surface area (Å²) in [6.45, 7) is 1.43. The largest absolute Gasteiger partial charge is 0.391 e. The average molecular weight is 359 g/mol. The van der Waals surface area contributed by atoms with Gasteiger partial charge in [0, 0.05) is 36.8 Å². The van der Waals surface area contributed by atoms with Crippen LogP contribution in [0.1, 0.15) is 30.9 Å². The van der Waals surface area contributed by atoms with Gasteiger partial charge in [-0.1, -0.05) is 5.10 Å². The molecule has 1 saturated heterocycles. The predicted molar refractivity (Wildman–Crippen MR) is 91.0 cm³/mol. The molecule has 0 bridgehead atoms. The van der Waals surface area contributed by atoms with Crippen LogP contribution in [0.4, 0.5) is 11.8 Å². The van der Waals surface area contributed by atoms with Gasteiger partial charge in [0.2, 0.25) is 11.9 Å². The smallest absolute Gasteiger partial charge is 0.242 e. The zero-order valence-corrected chi connectivity index (χ0v) is 14.2. The van der Waals surface area contributed by atoms with Gasteiger partial charge in [-0.05, 0) is 29.7 Å². The van der Waals surface area contributed by atoms with E-state index < -0.39 is 0 Å². The maximum Gasteiger partial charge on any atom is 0.242 e. The van der Waals surface area contributed by atoms with Crippen LogP contribution < -0.4 is 16.0 Å². The number of nitrogens with one attached hydrogen (secondary N) is 1. The minimum atomic E-state index is -0.286. The van der Waals surface area contributed by atoms with E-state index >= 15 is 0 Å². The highest BCUT2D eigenvalue weighted by Gasteiger charge is 2.33. The lowest BCUT2D eigenvalue weighted by Gasteiger charge is -2.35. The van der Waals surface area contributed by atoms with Gasteiger partial charge in [0.25, 0.3) is 0 Å². The molecule has 1 saturated carbocycles. The van der Waals surface area contributed by atoms with Crippen LogP contribution in [0.25, 0.3) is 0 Å². The monoisotopic (exact) mass is 359 g/mol. The van der Waals surface area contributed by atoms with Crippen LogP contribution in [0.5, 0.6) is 0 Å². The van der Waals surface area contributed by atoms with E-state index in [0.717, 1.165) is 37.3 Å². The van der Waals surface area contributed by atoms with Crippen LogP contribution in [-0.2, 0) is 11.3 Å². The van der Waals surface area contributed by atoms with Crippen LogP contribution in [0.3, 0.4) is 0 Å². The van der Waals surface area contributed by atoms with Crippen molar-refractivity contribution < 1.29 is 9.90 Å². The fourth-order valence-electron chi connectivity index (χ4n) is 3.42. The molecular formula is C15H21N9O2. The van der Waals surface area contributed by atoms with Crippen LogP contribution in [0.15, 0.2) is 12.4 Å². The van der Waals surface area contributed by atoms with Crippen molar-refractivity contribution in [2.24, 2.45) is 0 Å². The number of carbonyl (C=O) groups excluding carboxylic acids is 1. The topological polar surface area (TPSA) is 148 Å². The second-order valence-corrected chi connectivity index (χ2v) is 6.82. The van der Waals surface area contributed by atoms with E-state index in [1.807, 2.05) is 6.07 Å². The number of nitrogens with zero attached hydrogens (tertiary/aromatic N) is 7. The van der Waals surface area contributed by atoms with Crippen LogP contribution in [0.2, 0.25) is 0 Å². The minimum Gasteiger partial charge on any atom is -0.391 e. The van der Waals surface area contributed by atoms with Crippen molar-refractivity contribution in [1.29, 1.82) is 0 Å². The molecule has 2 fully saturated rings. The minimum absolute atomic E-state index is 0.00887. The van der Waals surface area contributed by atoms with Gasteiger partial charge in [0.1, 0.15) is 18.7 Å². The normalized spacial score (nSPS) is 25.1. The van der Waals surface area contributed by atoms with Gasteiger partial charge in [0.15, 0.2) is 0 Å². The Morgan fingerprint density at radius 2 is 2.23 bits per heavy atom. The Bertz CT molecular complexity index is 789. The van der Waals surface area contributed by atoms with Crippen molar-refractivity contribution in [3.8, 4) is 0 Å². The van der Waals surface area contributed by atoms with Gasteiger partial charge >= 0.3 is 0 Å². The van der Waals surface area contributed by atoms with E-state index in [4.69, 9.17) is 5.73 Å². The van der Waals surface area contributed by atoms with Crippen molar-refractivity contribution in [3.63, 3.8) is 0 Å². The lowest BCUT2D eigenvalue weighted by molar-refractivity contribution is -0.123. The molecule has 0 aromatic carbocycles. The Balaban J connectivity index is 1.29. The van der Waals surface area contributed by atoms with Gasteiger partial charge in [-0.25, -0.2) is 14.6 Å². The van der Waals surface area contributed by atoms with Crippen molar-refractivity contribution in [3.05, 3.63) is 18.1 Å². The zero-order valence-electron chi connectivity index (χ0n) is 14.2. The summed E-state index contributed by atoms with van der Waals surface area (Å²) in [7, 11) is 0. The maximum atomic E-state index is 12.0. The van der Waals surface area contributed by atoms with Crippen molar-refractivity contribution >= 4 is 17.7 Å². The lowest BCUT2D eigenvalue weighted by Crippen LogP contribution is -2.45. The van der Waals surface area contributed by atoms with Gasteiger partial charge in [-0.3, -0.25) is 4.79 Å². The molecule has 1 amide bonds. The highest BCUT2D eigenvalue weighted by Crippen LogP contribution is 2.36. The molecule has 4 N–H and O–H groups in total. The third kappa shape index (κ3) is 3.43. The summed E-state index contributed by atoms with van der Waals surface area (Å²) in [6, 6.07) is 2.10. The van der Waals surface area contributed by atoms with Gasteiger partial charge in [-0.15, -0.1) is 0 Å². The first-order valence-corrected chi connectivity index (χ1v) is 8.64. The van der Waals surface area contributed by atoms with Gasteiger partial charge in [0.05, 0.1) is 6.10 Å². The van der Waals surface area contributed by atoms with Crippen molar-refractivity contribution in [2.45, 2.75) is 43.9 Å². The molecule has 4 rings (SSSR count). The van der Waals surface area contributed by atoms with Crippen molar-refractivity contribution in [1.82, 2.24) is 35.5 Å². The average Bonchev–Trinajstić information content (AvgIpc) is 3.20. The third-order valence-electron chi connectivity index (χ3n) is 4.94. The molecular weight excluding hydrogens is 338 g/mol. The number of aliphatic hydroxyl groups is 1. The Morgan fingerprint density at radius 1 is 1.38 bits per heavy atom. The molecule has 0 unspecified atom stereocenters. The number of aromatic nitrogens is 6. The number of aliphatic hydroxyl groups excluding tert-OH is 1. The molecule has 11 nitrogen and oxygen atoms in total. The van der Waals surface area contributed by atoms with Gasteiger partial charge < -0.3 is 21.1 Å². The SMILES string of the molecule is Nc1nnnn1CC(=O)NC1CC(c2cc(N3CC[C@@H](O)C3)ncn2)C1. The molecule has 3 heterocycles. The molecule has 1 atom stereocenters. The second kappa shape index (κ2) is 6.83. The number of hydrogen-bond acceptors (Lipinski definition) is 9. The number of nitrogens with two attached hydrogens (primary N) is 1. The standard InChI is InChI=1S/C15H21N9O2/c16-15-20-21-22-24(15)7-14(26)19-10-3-9(4-10)12-5-13(18-8-17-12)23-2-1-11(25)6-23/h5,8-11,25H,1-4,6-7H2,(H,19,26)(H2,16,20,22)/t9?,10?,11-/m1/s1.